The Labute approximate surface area is 133 Å². The molecule has 0 aromatic rings. The van der Waals surface area contributed by atoms with Gasteiger partial charge >= 0.3 is 0 Å². The summed E-state index contributed by atoms with van der Waals surface area (Å²) in [6.45, 7) is 4.64. The molecule has 1 unspecified atom stereocenters. The molecule has 0 aromatic carbocycles. The Morgan fingerprint density at radius 3 is 2.45 bits per heavy atom. The molecular weight excluding hydrogens is 284 g/mol. The van der Waals surface area contributed by atoms with Gasteiger partial charge < -0.3 is 20.9 Å². The van der Waals surface area contributed by atoms with Crippen molar-refractivity contribution in [3.8, 4) is 0 Å². The third-order valence-corrected chi connectivity index (χ3v) is 3.62. The summed E-state index contributed by atoms with van der Waals surface area (Å²) in [5.74, 6) is -0.262. The van der Waals surface area contributed by atoms with Gasteiger partial charge in [0.05, 0.1) is 19.8 Å². The first kappa shape index (κ1) is 20.6. The van der Waals surface area contributed by atoms with E-state index in [1.165, 1.54) is 0 Å². The molecule has 0 bridgehead atoms. The van der Waals surface area contributed by atoms with Crippen LogP contribution in [0.25, 0.3) is 0 Å². The van der Waals surface area contributed by atoms with E-state index in [2.05, 4.69) is 17.5 Å². The minimum atomic E-state index is -0.241. The zero-order valence-corrected chi connectivity index (χ0v) is 13.9. The average Bonchev–Trinajstić information content (AvgIpc) is 2.52. The Bertz CT molecular complexity index is 369. The zero-order valence-electron chi connectivity index (χ0n) is 13.9. The topological polar surface area (TPSA) is 102 Å². The Kier molecular flexibility index (Phi) is 10.5. The molecule has 128 valence electrons. The van der Waals surface area contributed by atoms with Crippen molar-refractivity contribution in [3.05, 3.63) is 12.2 Å². The van der Waals surface area contributed by atoms with Crippen LogP contribution >= 0.6 is 0 Å². The number of rotatable bonds is 7. The number of allylic oxidation sites excluding steroid dienone is 2. The Morgan fingerprint density at radius 2 is 2.05 bits per heavy atom. The highest BCUT2D eigenvalue weighted by atomic mass is 16.5. The number of aliphatic hydroxyl groups excluding tert-OH is 1. The third-order valence-electron chi connectivity index (χ3n) is 3.62. The van der Waals surface area contributed by atoms with Gasteiger partial charge in [0.25, 0.3) is 0 Å². The van der Waals surface area contributed by atoms with Crippen molar-refractivity contribution in [2.45, 2.75) is 39.5 Å². The first-order valence-electron chi connectivity index (χ1n) is 7.70. The van der Waals surface area contributed by atoms with Crippen molar-refractivity contribution >= 4 is 11.8 Å². The first-order valence-corrected chi connectivity index (χ1v) is 7.70. The second kappa shape index (κ2) is 11.2. The minimum Gasteiger partial charge on any atom is -0.396 e. The number of hydrogen-bond acceptors (Lipinski definition) is 4. The Hall–Kier alpha value is -1.40. The molecule has 22 heavy (non-hydrogen) atoms. The van der Waals surface area contributed by atoms with Gasteiger partial charge in [0, 0.05) is 24.8 Å². The molecule has 0 spiro atoms. The minimum absolute atomic E-state index is 0.00926. The van der Waals surface area contributed by atoms with Gasteiger partial charge in [-0.05, 0) is 19.3 Å². The normalized spacial score (nSPS) is 20.2. The molecule has 2 amide bonds. The number of carbonyl (C=O) groups excluding carboxylic acids is 2. The molecule has 1 rings (SSSR count). The molecule has 1 aliphatic carbocycles. The number of nitrogens with one attached hydrogen (secondary N) is 1. The SMILES string of the molecule is CC(C)C(N)=O.CNC(=O)CCOCC1(CO)CC=CCC1. The van der Waals surface area contributed by atoms with Gasteiger partial charge in [-0.25, -0.2) is 0 Å². The van der Waals surface area contributed by atoms with E-state index in [9.17, 15) is 14.7 Å². The molecule has 0 saturated carbocycles. The monoisotopic (exact) mass is 314 g/mol. The summed E-state index contributed by atoms with van der Waals surface area (Å²) in [6, 6.07) is 0. The molecule has 0 radical (unpaired) electrons. The molecule has 1 atom stereocenters. The summed E-state index contributed by atoms with van der Waals surface area (Å²) in [7, 11) is 1.61. The second-order valence-corrected chi connectivity index (χ2v) is 5.91. The van der Waals surface area contributed by atoms with Gasteiger partial charge in [-0.15, -0.1) is 0 Å². The van der Waals surface area contributed by atoms with Gasteiger partial charge in [0.1, 0.15) is 0 Å². The number of nitrogens with two attached hydrogens (primary N) is 1. The lowest BCUT2D eigenvalue weighted by atomic mass is 9.78. The van der Waals surface area contributed by atoms with Crippen LogP contribution in [0, 0.1) is 11.3 Å². The van der Waals surface area contributed by atoms with E-state index in [-0.39, 0.29) is 29.8 Å². The van der Waals surface area contributed by atoms with Crippen molar-refractivity contribution in [2.75, 3.05) is 26.9 Å². The molecule has 6 nitrogen and oxygen atoms in total. The van der Waals surface area contributed by atoms with E-state index < -0.39 is 0 Å². The summed E-state index contributed by atoms with van der Waals surface area (Å²) in [5, 5.41) is 12.0. The summed E-state index contributed by atoms with van der Waals surface area (Å²) in [6.07, 6.45) is 7.44. The molecule has 0 fully saturated rings. The maximum atomic E-state index is 11.0. The van der Waals surface area contributed by atoms with E-state index >= 15 is 0 Å². The van der Waals surface area contributed by atoms with Gasteiger partial charge in [-0.2, -0.15) is 0 Å². The molecular formula is C16H30N2O4. The van der Waals surface area contributed by atoms with Crippen molar-refractivity contribution in [3.63, 3.8) is 0 Å². The summed E-state index contributed by atoms with van der Waals surface area (Å²) in [4.78, 5) is 20.9. The van der Waals surface area contributed by atoms with E-state index in [4.69, 9.17) is 10.5 Å². The predicted octanol–water partition coefficient (Wildman–Crippen LogP) is 0.986. The van der Waals surface area contributed by atoms with Crippen molar-refractivity contribution < 1.29 is 19.4 Å². The Morgan fingerprint density at radius 1 is 1.41 bits per heavy atom. The second-order valence-electron chi connectivity index (χ2n) is 5.91. The zero-order chi connectivity index (χ0) is 17.0. The van der Waals surface area contributed by atoms with Crippen molar-refractivity contribution in [2.24, 2.45) is 17.1 Å². The predicted molar refractivity (Wildman–Crippen MR) is 86.0 cm³/mol. The first-order chi connectivity index (χ1) is 10.4. The van der Waals surface area contributed by atoms with Gasteiger partial charge in [0.15, 0.2) is 0 Å². The van der Waals surface area contributed by atoms with Gasteiger partial charge in [0.2, 0.25) is 11.8 Å². The van der Waals surface area contributed by atoms with Crippen LogP contribution < -0.4 is 11.1 Å². The average molecular weight is 314 g/mol. The summed E-state index contributed by atoms with van der Waals surface area (Å²) in [5.41, 5.74) is 4.67. The number of carbonyl (C=O) groups is 2. The fraction of sp³-hybridized carbons (Fsp3) is 0.750. The highest BCUT2D eigenvalue weighted by Gasteiger charge is 2.29. The molecule has 0 heterocycles. The lowest BCUT2D eigenvalue weighted by Gasteiger charge is -2.32. The van der Waals surface area contributed by atoms with Crippen molar-refractivity contribution in [1.29, 1.82) is 0 Å². The van der Waals surface area contributed by atoms with E-state index in [1.807, 2.05) is 0 Å². The quantitative estimate of drug-likeness (QED) is 0.481. The molecule has 4 N–H and O–H groups in total. The molecule has 0 saturated heterocycles. The lowest BCUT2D eigenvalue weighted by Crippen LogP contribution is -2.32. The maximum absolute atomic E-state index is 11.0. The summed E-state index contributed by atoms with van der Waals surface area (Å²) < 4.78 is 5.49. The molecule has 0 aliphatic heterocycles. The highest BCUT2D eigenvalue weighted by molar-refractivity contribution is 5.75. The van der Waals surface area contributed by atoms with Gasteiger partial charge in [-0.1, -0.05) is 26.0 Å². The van der Waals surface area contributed by atoms with E-state index in [0.717, 1.165) is 19.3 Å². The number of ether oxygens (including phenoxy) is 1. The van der Waals surface area contributed by atoms with Crippen LogP contribution in [-0.2, 0) is 14.3 Å². The maximum Gasteiger partial charge on any atom is 0.222 e. The molecule has 6 heteroatoms. The standard InChI is InChI=1S/C12H21NO3.C4H9NO/c1-13-11(15)5-8-16-10-12(9-14)6-3-2-4-7-12;1-3(2)4(5)6/h2-3,14H,4-10H2,1H3,(H,13,15);3H,1-2H3,(H2,5,6). The van der Waals surface area contributed by atoms with Crippen molar-refractivity contribution in [1.82, 2.24) is 5.32 Å². The third kappa shape index (κ3) is 8.79. The Balaban J connectivity index is 0.000000626. The van der Waals surface area contributed by atoms with Crippen LogP contribution in [0.4, 0.5) is 0 Å². The van der Waals surface area contributed by atoms with Crippen LogP contribution in [0.5, 0.6) is 0 Å². The van der Waals surface area contributed by atoms with E-state index in [1.54, 1.807) is 20.9 Å². The lowest BCUT2D eigenvalue weighted by molar-refractivity contribution is -0.122. The molecule has 1 aliphatic rings. The highest BCUT2D eigenvalue weighted by Crippen LogP contribution is 2.32. The fourth-order valence-electron chi connectivity index (χ4n) is 1.84. The number of amides is 2. The largest absolute Gasteiger partial charge is 0.396 e. The smallest absolute Gasteiger partial charge is 0.222 e. The van der Waals surface area contributed by atoms with Crippen LogP contribution in [0.3, 0.4) is 0 Å². The van der Waals surface area contributed by atoms with E-state index in [0.29, 0.717) is 19.6 Å². The number of hydrogen-bond donors (Lipinski definition) is 3. The number of primary amides is 1. The van der Waals surface area contributed by atoms with Crippen LogP contribution in [-0.4, -0.2) is 43.8 Å². The molecule has 0 aromatic heterocycles. The van der Waals surface area contributed by atoms with Crippen LogP contribution in [0.15, 0.2) is 12.2 Å². The van der Waals surface area contributed by atoms with Crippen LogP contribution in [0.1, 0.15) is 39.5 Å². The van der Waals surface area contributed by atoms with Crippen LogP contribution in [0.2, 0.25) is 0 Å². The number of aliphatic hydroxyl groups is 1. The fourth-order valence-corrected chi connectivity index (χ4v) is 1.84. The van der Waals surface area contributed by atoms with Gasteiger partial charge in [-0.3, -0.25) is 9.59 Å². The summed E-state index contributed by atoms with van der Waals surface area (Å²) >= 11 is 0.